The lowest BCUT2D eigenvalue weighted by atomic mass is 9.48. The van der Waals surface area contributed by atoms with Gasteiger partial charge in [-0.05, 0) is 90.8 Å². The van der Waals surface area contributed by atoms with E-state index in [1.807, 2.05) is 20.8 Å². The van der Waals surface area contributed by atoms with Crippen LogP contribution in [0.2, 0.25) is 0 Å². The molecule has 2 heterocycles. The van der Waals surface area contributed by atoms with Gasteiger partial charge in [0, 0.05) is 0 Å². The van der Waals surface area contributed by atoms with Crippen LogP contribution in [0.5, 0.6) is 0 Å². The van der Waals surface area contributed by atoms with Gasteiger partial charge in [-0.1, -0.05) is 41.5 Å². The molecule has 5 aliphatic rings. The van der Waals surface area contributed by atoms with Crippen LogP contribution in [-0.2, 0) is 19.0 Å². The molecule has 260 valence electrons. The van der Waals surface area contributed by atoms with E-state index in [2.05, 4.69) is 20.8 Å². The summed E-state index contributed by atoms with van der Waals surface area (Å²) in [5.41, 5.74) is -0.593. The highest BCUT2D eigenvalue weighted by molar-refractivity contribution is 5.74. The van der Waals surface area contributed by atoms with Crippen molar-refractivity contribution in [2.75, 3.05) is 13.2 Å². The molecule has 5 fully saturated rings. The molecule has 0 bridgehead atoms. The maximum Gasteiger partial charge on any atom is 0.309 e. The Balaban J connectivity index is 1.37. The number of cyclic esters (lactones) is 1. The zero-order valence-corrected chi connectivity index (χ0v) is 27.7. The number of carbonyl (C=O) groups excluding carboxylic acids is 1. The number of fused-ring (bicyclic) bond motifs is 5. The summed E-state index contributed by atoms with van der Waals surface area (Å²) >= 11 is 0. The van der Waals surface area contributed by atoms with Gasteiger partial charge in [-0.3, -0.25) is 4.79 Å². The van der Waals surface area contributed by atoms with E-state index in [4.69, 9.17) is 14.2 Å². The first-order valence-corrected chi connectivity index (χ1v) is 17.2. The molecule has 0 amide bonds. The minimum atomic E-state index is -1.57. The van der Waals surface area contributed by atoms with Crippen LogP contribution >= 0.6 is 0 Å². The molecule has 0 aromatic carbocycles. The fourth-order valence-corrected chi connectivity index (χ4v) is 10.5. The largest absolute Gasteiger partial charge is 0.465 e. The molecule has 0 aromatic heterocycles. The highest BCUT2D eigenvalue weighted by atomic mass is 16.7. The molecule has 11 heteroatoms. The Hall–Kier alpha value is -0.890. The topological polar surface area (TPSA) is 186 Å². The number of hydrogen-bond acceptors (Lipinski definition) is 11. The van der Waals surface area contributed by atoms with E-state index in [0.29, 0.717) is 13.0 Å². The smallest absolute Gasteiger partial charge is 0.309 e. The van der Waals surface area contributed by atoms with E-state index >= 15 is 0 Å². The van der Waals surface area contributed by atoms with E-state index in [1.165, 1.54) is 0 Å². The van der Waals surface area contributed by atoms with Crippen molar-refractivity contribution in [2.24, 2.45) is 58.2 Å². The molecule has 0 spiro atoms. The Morgan fingerprint density at radius 2 is 1.58 bits per heavy atom. The molecule has 0 radical (unpaired) electrons. The predicted molar refractivity (Wildman–Crippen MR) is 162 cm³/mol. The molecule has 3 aliphatic carbocycles. The highest BCUT2D eigenvalue weighted by Crippen LogP contribution is 2.66. The summed E-state index contributed by atoms with van der Waals surface area (Å²) in [4.78, 5) is 13.2. The Morgan fingerprint density at radius 3 is 2.22 bits per heavy atom. The van der Waals surface area contributed by atoms with Crippen molar-refractivity contribution >= 4 is 5.97 Å². The predicted octanol–water partition coefficient (Wildman–Crippen LogP) is 1.21. The molecule has 11 nitrogen and oxygen atoms in total. The molecular weight excluding hydrogens is 584 g/mol. The summed E-state index contributed by atoms with van der Waals surface area (Å²) in [6.45, 7) is 12.3. The van der Waals surface area contributed by atoms with E-state index in [0.717, 1.165) is 25.7 Å². The van der Waals surface area contributed by atoms with Crippen molar-refractivity contribution in [2.45, 2.75) is 135 Å². The summed E-state index contributed by atoms with van der Waals surface area (Å²) < 4.78 is 17.9. The zero-order chi connectivity index (χ0) is 33.2. The molecule has 2 saturated heterocycles. The Bertz CT molecular complexity index is 1040. The van der Waals surface area contributed by atoms with Gasteiger partial charge in [-0.15, -0.1) is 0 Å². The van der Waals surface area contributed by atoms with Gasteiger partial charge in [0.25, 0.3) is 0 Å². The molecule has 18 atom stereocenters. The molecule has 5 rings (SSSR count). The maximum atomic E-state index is 13.2. The van der Waals surface area contributed by atoms with Crippen LogP contribution in [0.3, 0.4) is 0 Å². The fraction of sp³-hybridized carbons (Fsp3) is 0.971. The van der Waals surface area contributed by atoms with Crippen molar-refractivity contribution in [3.05, 3.63) is 0 Å². The molecule has 0 unspecified atom stereocenters. The summed E-state index contributed by atoms with van der Waals surface area (Å²) in [6.07, 6.45) is -6.34. The van der Waals surface area contributed by atoms with E-state index in [9.17, 15) is 40.5 Å². The van der Waals surface area contributed by atoms with Gasteiger partial charge in [0.05, 0.1) is 43.5 Å². The summed E-state index contributed by atoms with van der Waals surface area (Å²) in [5.74, 6) is -0.248. The summed E-state index contributed by atoms with van der Waals surface area (Å²) in [7, 11) is 0. The van der Waals surface area contributed by atoms with Crippen LogP contribution in [0.4, 0.5) is 0 Å². The van der Waals surface area contributed by atoms with Crippen molar-refractivity contribution in [1.82, 2.24) is 0 Å². The molecule has 2 aliphatic heterocycles. The number of carbonyl (C=O) groups is 1. The van der Waals surface area contributed by atoms with Gasteiger partial charge in [-0.25, -0.2) is 0 Å². The fourth-order valence-electron chi connectivity index (χ4n) is 10.5. The van der Waals surface area contributed by atoms with E-state index in [1.54, 1.807) is 0 Å². The molecule has 0 aromatic rings. The quantitative estimate of drug-likeness (QED) is 0.189. The normalized spacial score (nSPS) is 49.6. The lowest BCUT2D eigenvalue weighted by Gasteiger charge is -2.56. The third kappa shape index (κ3) is 6.01. The SMILES string of the molecule is CC(C)[C@H](C)[C@@H](O[C@@H]1O[C@H](CO)[C@@H](O)[C@H](O)[C@H]1O)[C@H](O)[C@@H](C)[C@H]1CC[C@H]2[C@@H]3COC(=O)[C@H]4C[C@H](O)[C@H](O)C[C@]4(C)[C@H]3CC[C@]12C. The van der Waals surface area contributed by atoms with Gasteiger partial charge < -0.3 is 50.0 Å². The van der Waals surface area contributed by atoms with Crippen LogP contribution in [0, 0.1) is 58.2 Å². The standard InChI is InChI=1S/C34H58O11/c1-15(2)16(3)30(45-32-29(41)28(40)27(39)25(13-35)44-32)26(38)17(4)19-7-8-20-18-14-43-31(42)22-11-23(36)24(37)12-34(22,6)21(18)9-10-33(19,20)5/h15-30,32,35-41H,7-14H2,1-6H3/t16-,17-,18-,19+,20-,21-,22+,23-,24+,25+,26+,27+,28-,29+,30+,32-,33+,34+/m0/s1. The number of aliphatic hydroxyl groups is 7. The van der Waals surface area contributed by atoms with Crippen molar-refractivity contribution in [3.8, 4) is 0 Å². The summed E-state index contributed by atoms with van der Waals surface area (Å²) in [5, 5.41) is 74.2. The second kappa shape index (κ2) is 13.2. The van der Waals surface area contributed by atoms with Crippen LogP contribution in [-0.4, -0.2) is 110 Å². The maximum absolute atomic E-state index is 13.2. The number of rotatable bonds is 8. The third-order valence-corrected chi connectivity index (χ3v) is 13.6. The average Bonchev–Trinajstić information content (AvgIpc) is 3.31. The van der Waals surface area contributed by atoms with Crippen LogP contribution in [0.25, 0.3) is 0 Å². The number of aliphatic hydroxyl groups excluding tert-OH is 7. The monoisotopic (exact) mass is 642 g/mol. The van der Waals surface area contributed by atoms with E-state index in [-0.39, 0.29) is 59.2 Å². The van der Waals surface area contributed by atoms with Crippen molar-refractivity contribution in [3.63, 3.8) is 0 Å². The first-order valence-electron chi connectivity index (χ1n) is 17.2. The first kappa shape index (κ1) is 35.4. The Labute approximate surface area is 267 Å². The van der Waals surface area contributed by atoms with Crippen LogP contribution in [0.1, 0.15) is 80.1 Å². The van der Waals surface area contributed by atoms with Gasteiger partial charge in [-0.2, -0.15) is 0 Å². The average molecular weight is 643 g/mol. The lowest BCUT2D eigenvalue weighted by molar-refractivity contribution is -0.324. The second-order valence-corrected chi connectivity index (χ2v) is 16.1. The van der Waals surface area contributed by atoms with Crippen molar-refractivity contribution in [1.29, 1.82) is 0 Å². The van der Waals surface area contributed by atoms with E-state index < -0.39 is 73.1 Å². The minimum Gasteiger partial charge on any atom is -0.465 e. The van der Waals surface area contributed by atoms with Gasteiger partial charge >= 0.3 is 5.97 Å². The Kier molecular flexibility index (Phi) is 10.4. The first-order chi connectivity index (χ1) is 21.1. The summed E-state index contributed by atoms with van der Waals surface area (Å²) in [6, 6.07) is 0. The van der Waals surface area contributed by atoms with Crippen molar-refractivity contribution < 1.29 is 54.8 Å². The molecule has 7 N–H and O–H groups in total. The van der Waals surface area contributed by atoms with Gasteiger partial charge in [0.1, 0.15) is 24.4 Å². The van der Waals surface area contributed by atoms with Crippen LogP contribution < -0.4 is 0 Å². The second-order valence-electron chi connectivity index (χ2n) is 16.1. The zero-order valence-electron chi connectivity index (χ0n) is 27.7. The van der Waals surface area contributed by atoms with Crippen LogP contribution in [0.15, 0.2) is 0 Å². The van der Waals surface area contributed by atoms with Gasteiger partial charge in [0.15, 0.2) is 6.29 Å². The molecule has 45 heavy (non-hydrogen) atoms. The van der Waals surface area contributed by atoms with Gasteiger partial charge in [0.2, 0.25) is 0 Å². The molecular formula is C34H58O11. The highest BCUT2D eigenvalue weighted by Gasteiger charge is 2.63. The number of hydrogen-bond donors (Lipinski definition) is 7. The third-order valence-electron chi connectivity index (χ3n) is 13.6. The number of esters is 1. The minimum absolute atomic E-state index is 0.114. The lowest BCUT2D eigenvalue weighted by Crippen LogP contribution is -2.61. The Morgan fingerprint density at radius 1 is 0.911 bits per heavy atom. The molecule has 3 saturated carbocycles. The number of ether oxygens (including phenoxy) is 3.